The van der Waals surface area contributed by atoms with Gasteiger partial charge in [0, 0.05) is 30.1 Å². The average molecular weight is 289 g/mol. The van der Waals surface area contributed by atoms with Crippen molar-refractivity contribution in [2.24, 2.45) is 4.99 Å². The minimum Gasteiger partial charge on any atom is -0.507 e. The van der Waals surface area contributed by atoms with Gasteiger partial charge in [-0.25, -0.2) is 9.78 Å². The first-order valence-electron chi connectivity index (χ1n) is 6.20. The van der Waals surface area contributed by atoms with Gasteiger partial charge in [-0.15, -0.1) is 0 Å². The Morgan fingerprint density at radius 3 is 3.00 bits per heavy atom. The number of phenolic OH excluding ortho intramolecular Hbond substituents is 1. The number of aliphatic imine (C=N–C) groups is 1. The summed E-state index contributed by atoms with van der Waals surface area (Å²) in [6.45, 7) is 0. The Kier molecular flexibility index (Phi) is 4.55. The second-order valence-corrected chi connectivity index (χ2v) is 4.34. The number of carbonyl (C=O) groups is 1. The first-order chi connectivity index (χ1) is 10.1. The number of aromatic hydroxyl groups is 1. The van der Waals surface area contributed by atoms with Crippen LogP contribution in [0.5, 0.6) is 11.5 Å². The molecule has 0 aliphatic carbocycles. The number of rotatable bonds is 6. The SMILES string of the molecule is COc1ccc(O)c(C=NC(Cc2cnc[nH]2)C(=O)O)c1. The fourth-order valence-electron chi connectivity index (χ4n) is 1.74. The van der Waals surface area contributed by atoms with Crippen LogP contribution in [0.4, 0.5) is 0 Å². The van der Waals surface area contributed by atoms with Gasteiger partial charge in [-0.2, -0.15) is 0 Å². The van der Waals surface area contributed by atoms with Gasteiger partial charge >= 0.3 is 5.97 Å². The van der Waals surface area contributed by atoms with Crippen LogP contribution in [-0.4, -0.2) is 45.5 Å². The van der Waals surface area contributed by atoms with Crippen molar-refractivity contribution < 1.29 is 19.7 Å². The van der Waals surface area contributed by atoms with Crippen molar-refractivity contribution in [2.75, 3.05) is 7.11 Å². The number of aliphatic carboxylic acids is 1. The second-order valence-electron chi connectivity index (χ2n) is 4.34. The average Bonchev–Trinajstić information content (AvgIpc) is 2.97. The van der Waals surface area contributed by atoms with E-state index in [2.05, 4.69) is 15.0 Å². The second kappa shape index (κ2) is 6.56. The number of hydrogen-bond donors (Lipinski definition) is 3. The summed E-state index contributed by atoms with van der Waals surface area (Å²) in [7, 11) is 1.51. The van der Waals surface area contributed by atoms with E-state index in [4.69, 9.17) is 4.74 Å². The quantitative estimate of drug-likeness (QED) is 0.693. The number of H-pyrrole nitrogens is 1. The molecule has 0 spiro atoms. The predicted molar refractivity (Wildman–Crippen MR) is 76.0 cm³/mol. The molecule has 1 aromatic heterocycles. The Bertz CT molecular complexity index is 638. The fraction of sp³-hybridized carbons (Fsp3) is 0.214. The van der Waals surface area contributed by atoms with Crippen LogP contribution in [0, 0.1) is 0 Å². The zero-order valence-electron chi connectivity index (χ0n) is 11.4. The number of phenols is 1. The number of imidazole rings is 1. The van der Waals surface area contributed by atoms with Gasteiger partial charge in [-0.1, -0.05) is 0 Å². The van der Waals surface area contributed by atoms with E-state index in [0.29, 0.717) is 17.0 Å². The molecule has 1 heterocycles. The van der Waals surface area contributed by atoms with Crippen molar-refractivity contribution >= 4 is 12.2 Å². The molecular weight excluding hydrogens is 274 g/mol. The number of carboxylic acids is 1. The molecule has 0 bridgehead atoms. The van der Waals surface area contributed by atoms with Crippen molar-refractivity contribution in [1.29, 1.82) is 0 Å². The van der Waals surface area contributed by atoms with E-state index in [-0.39, 0.29) is 12.2 Å². The van der Waals surface area contributed by atoms with Gasteiger partial charge in [0.15, 0.2) is 6.04 Å². The number of aromatic amines is 1. The molecule has 7 nitrogen and oxygen atoms in total. The Morgan fingerprint density at radius 1 is 1.57 bits per heavy atom. The van der Waals surface area contributed by atoms with Crippen molar-refractivity contribution in [3.63, 3.8) is 0 Å². The Labute approximate surface area is 121 Å². The lowest BCUT2D eigenvalue weighted by molar-refractivity contribution is -0.138. The number of nitrogens with one attached hydrogen (secondary N) is 1. The molecule has 3 N–H and O–H groups in total. The van der Waals surface area contributed by atoms with Crippen molar-refractivity contribution in [2.45, 2.75) is 12.5 Å². The molecule has 2 rings (SSSR count). The van der Waals surface area contributed by atoms with Crippen LogP contribution >= 0.6 is 0 Å². The molecule has 0 fully saturated rings. The molecule has 0 radical (unpaired) electrons. The Balaban J connectivity index is 2.18. The predicted octanol–water partition coefficient (Wildman–Crippen LogP) is 1.24. The number of nitrogens with zero attached hydrogens (tertiary/aromatic N) is 2. The van der Waals surface area contributed by atoms with Crippen LogP contribution in [0.15, 0.2) is 35.7 Å². The third kappa shape index (κ3) is 3.82. The maximum atomic E-state index is 11.2. The minimum absolute atomic E-state index is 0.00484. The van der Waals surface area contributed by atoms with E-state index in [1.54, 1.807) is 18.3 Å². The highest BCUT2D eigenvalue weighted by atomic mass is 16.5. The molecule has 2 aromatic rings. The summed E-state index contributed by atoms with van der Waals surface area (Å²) in [6.07, 6.45) is 4.55. The van der Waals surface area contributed by atoms with E-state index in [1.165, 1.54) is 25.7 Å². The summed E-state index contributed by atoms with van der Waals surface area (Å²) in [5, 5.41) is 18.9. The van der Waals surface area contributed by atoms with E-state index < -0.39 is 12.0 Å². The van der Waals surface area contributed by atoms with Crippen molar-refractivity contribution in [3.05, 3.63) is 42.0 Å². The first-order valence-corrected chi connectivity index (χ1v) is 6.20. The number of methoxy groups -OCH3 is 1. The zero-order chi connectivity index (χ0) is 15.2. The van der Waals surface area contributed by atoms with Crippen molar-refractivity contribution in [1.82, 2.24) is 9.97 Å². The third-order valence-corrected chi connectivity index (χ3v) is 2.88. The summed E-state index contributed by atoms with van der Waals surface area (Å²) >= 11 is 0. The highest BCUT2D eigenvalue weighted by Gasteiger charge is 2.17. The summed E-state index contributed by atoms with van der Waals surface area (Å²) in [5.41, 5.74) is 1.07. The molecule has 0 saturated carbocycles. The van der Waals surface area contributed by atoms with Gasteiger partial charge in [-0.05, 0) is 18.2 Å². The smallest absolute Gasteiger partial charge is 0.328 e. The molecule has 0 aliphatic rings. The van der Waals surface area contributed by atoms with Crippen LogP contribution in [0.2, 0.25) is 0 Å². The van der Waals surface area contributed by atoms with Crippen LogP contribution in [0.1, 0.15) is 11.3 Å². The van der Waals surface area contributed by atoms with Crippen molar-refractivity contribution in [3.8, 4) is 11.5 Å². The topological polar surface area (TPSA) is 108 Å². The molecule has 0 saturated heterocycles. The highest BCUT2D eigenvalue weighted by Crippen LogP contribution is 2.21. The number of benzene rings is 1. The molecule has 1 aromatic carbocycles. The molecule has 1 atom stereocenters. The molecular formula is C14H15N3O4. The molecule has 0 aliphatic heterocycles. The number of hydrogen-bond acceptors (Lipinski definition) is 5. The van der Waals surface area contributed by atoms with Gasteiger partial charge in [0.05, 0.1) is 13.4 Å². The van der Waals surface area contributed by atoms with Crippen LogP contribution < -0.4 is 4.74 Å². The van der Waals surface area contributed by atoms with Crippen LogP contribution in [0.25, 0.3) is 0 Å². The van der Waals surface area contributed by atoms with E-state index in [0.717, 1.165) is 0 Å². The van der Waals surface area contributed by atoms with Crippen LogP contribution in [0.3, 0.4) is 0 Å². The van der Waals surface area contributed by atoms with E-state index >= 15 is 0 Å². The van der Waals surface area contributed by atoms with Gasteiger partial charge in [0.2, 0.25) is 0 Å². The summed E-state index contributed by atoms with van der Waals surface area (Å²) in [4.78, 5) is 21.9. The molecule has 1 unspecified atom stereocenters. The molecule has 110 valence electrons. The Hall–Kier alpha value is -2.83. The lowest BCUT2D eigenvalue weighted by Crippen LogP contribution is -2.21. The van der Waals surface area contributed by atoms with Gasteiger partial charge < -0.3 is 19.9 Å². The van der Waals surface area contributed by atoms with Gasteiger partial charge in [0.25, 0.3) is 0 Å². The fourth-order valence-corrected chi connectivity index (χ4v) is 1.74. The van der Waals surface area contributed by atoms with E-state index in [1.807, 2.05) is 0 Å². The molecule has 7 heteroatoms. The zero-order valence-corrected chi connectivity index (χ0v) is 11.4. The number of aromatic nitrogens is 2. The summed E-state index contributed by atoms with van der Waals surface area (Å²) in [5.74, 6) is -0.497. The number of carboxylic acid groups (broad SMARTS) is 1. The van der Waals surface area contributed by atoms with Gasteiger partial charge in [0.1, 0.15) is 11.5 Å². The molecule has 21 heavy (non-hydrogen) atoms. The van der Waals surface area contributed by atoms with Gasteiger partial charge in [-0.3, -0.25) is 4.99 Å². The lowest BCUT2D eigenvalue weighted by Gasteiger charge is -2.07. The first kappa shape index (κ1) is 14.6. The molecule has 0 amide bonds. The normalized spacial score (nSPS) is 12.4. The summed E-state index contributed by atoms with van der Waals surface area (Å²) < 4.78 is 5.05. The maximum Gasteiger partial charge on any atom is 0.328 e. The largest absolute Gasteiger partial charge is 0.507 e. The standard InChI is InChI=1S/C14H15N3O4/c1-21-11-2-3-13(18)9(4-11)6-16-12(14(19)20)5-10-7-15-8-17-10/h2-4,6-8,12,18H,5H2,1H3,(H,15,17)(H,19,20). The van der Waals surface area contributed by atoms with Crippen LogP contribution in [-0.2, 0) is 11.2 Å². The number of ether oxygens (including phenoxy) is 1. The lowest BCUT2D eigenvalue weighted by atomic mass is 10.1. The minimum atomic E-state index is -1.05. The summed E-state index contributed by atoms with van der Waals surface area (Å²) in [6, 6.07) is 3.68. The Morgan fingerprint density at radius 2 is 2.38 bits per heavy atom. The highest BCUT2D eigenvalue weighted by molar-refractivity contribution is 5.86. The monoisotopic (exact) mass is 289 g/mol. The van der Waals surface area contributed by atoms with E-state index in [9.17, 15) is 15.0 Å². The maximum absolute atomic E-state index is 11.2. The third-order valence-electron chi connectivity index (χ3n) is 2.88.